The molecular weight excluding hydrogens is 234 g/mol. The quantitative estimate of drug-likeness (QED) is 0.624. The second kappa shape index (κ2) is 6.74. The Morgan fingerprint density at radius 3 is 2.00 bits per heavy atom. The number of ether oxygens (including phenoxy) is 4. The Labute approximate surface area is 107 Å². The maximum absolute atomic E-state index is 7.64. The van der Waals surface area contributed by atoms with Crippen molar-refractivity contribution in [2.45, 2.75) is 13.3 Å². The van der Waals surface area contributed by atoms with Crippen molar-refractivity contribution < 1.29 is 18.9 Å². The van der Waals surface area contributed by atoms with Gasteiger partial charge in [-0.05, 0) is 24.6 Å². The van der Waals surface area contributed by atoms with Crippen LogP contribution in [-0.2, 0) is 11.2 Å². The zero-order valence-corrected chi connectivity index (χ0v) is 11.2. The Kier molecular flexibility index (Phi) is 5.30. The first-order valence-corrected chi connectivity index (χ1v) is 5.65. The lowest BCUT2D eigenvalue weighted by Crippen LogP contribution is -2.07. The molecule has 100 valence electrons. The van der Waals surface area contributed by atoms with Gasteiger partial charge < -0.3 is 18.9 Å². The predicted molar refractivity (Wildman–Crippen MR) is 69.2 cm³/mol. The highest BCUT2D eigenvalue weighted by atomic mass is 16.5. The van der Waals surface area contributed by atoms with Gasteiger partial charge in [0.25, 0.3) is 0 Å². The van der Waals surface area contributed by atoms with Crippen LogP contribution < -0.4 is 14.2 Å². The maximum Gasteiger partial charge on any atom is 0.203 e. The third-order valence-corrected chi connectivity index (χ3v) is 2.41. The molecule has 0 saturated carbocycles. The van der Waals surface area contributed by atoms with Crippen molar-refractivity contribution in [2.24, 2.45) is 0 Å². The van der Waals surface area contributed by atoms with E-state index in [1.807, 2.05) is 19.1 Å². The molecule has 1 aromatic carbocycles. The van der Waals surface area contributed by atoms with Gasteiger partial charge in [0.05, 0.1) is 27.9 Å². The number of benzene rings is 1. The highest BCUT2D eigenvalue weighted by Gasteiger charge is 2.14. The van der Waals surface area contributed by atoms with E-state index in [0.29, 0.717) is 30.3 Å². The van der Waals surface area contributed by atoms with Gasteiger partial charge in [-0.25, -0.2) is 0 Å². The van der Waals surface area contributed by atoms with Gasteiger partial charge in [0, 0.05) is 6.42 Å². The second-order valence-corrected chi connectivity index (χ2v) is 3.57. The smallest absolute Gasteiger partial charge is 0.203 e. The van der Waals surface area contributed by atoms with Crippen LogP contribution in [0.2, 0.25) is 0 Å². The summed E-state index contributed by atoms with van der Waals surface area (Å²) in [5.74, 6) is 1.92. The number of rotatable bonds is 6. The van der Waals surface area contributed by atoms with Gasteiger partial charge in [-0.15, -0.1) is 0 Å². The van der Waals surface area contributed by atoms with E-state index in [9.17, 15) is 0 Å². The Morgan fingerprint density at radius 1 is 1.06 bits per heavy atom. The molecule has 0 fully saturated rings. The first-order valence-electron chi connectivity index (χ1n) is 5.65. The molecule has 0 spiro atoms. The zero-order valence-electron chi connectivity index (χ0n) is 11.2. The van der Waals surface area contributed by atoms with Gasteiger partial charge in [-0.3, -0.25) is 5.41 Å². The van der Waals surface area contributed by atoms with Crippen LogP contribution in [0.1, 0.15) is 12.5 Å². The molecule has 5 heteroatoms. The standard InChI is InChI=1S/C13H19NO4/c1-5-18-12(14)8-9-6-10(15-2)13(17-4)11(7-9)16-3/h6-7,14H,5,8H2,1-4H3. The van der Waals surface area contributed by atoms with Gasteiger partial charge in [0.2, 0.25) is 5.75 Å². The molecule has 1 N–H and O–H groups in total. The summed E-state index contributed by atoms with van der Waals surface area (Å²) in [6.45, 7) is 2.34. The van der Waals surface area contributed by atoms with E-state index in [-0.39, 0.29) is 5.90 Å². The van der Waals surface area contributed by atoms with Crippen molar-refractivity contribution in [3.63, 3.8) is 0 Å². The van der Waals surface area contributed by atoms with E-state index >= 15 is 0 Å². The van der Waals surface area contributed by atoms with Gasteiger partial charge in [0.15, 0.2) is 17.4 Å². The molecule has 0 aliphatic heterocycles. The Hall–Kier alpha value is -1.91. The molecular formula is C13H19NO4. The predicted octanol–water partition coefficient (Wildman–Crippen LogP) is 2.27. The SMILES string of the molecule is CCOC(=N)Cc1cc(OC)c(OC)c(OC)c1. The highest BCUT2D eigenvalue weighted by molar-refractivity contribution is 5.76. The molecule has 5 nitrogen and oxygen atoms in total. The van der Waals surface area contributed by atoms with Crippen LogP contribution >= 0.6 is 0 Å². The van der Waals surface area contributed by atoms with Crippen LogP contribution in [0.5, 0.6) is 17.2 Å². The Morgan fingerprint density at radius 2 is 1.61 bits per heavy atom. The molecule has 0 atom stereocenters. The number of hydrogen-bond acceptors (Lipinski definition) is 5. The van der Waals surface area contributed by atoms with E-state index in [4.69, 9.17) is 24.4 Å². The lowest BCUT2D eigenvalue weighted by Gasteiger charge is -2.14. The van der Waals surface area contributed by atoms with Crippen molar-refractivity contribution in [3.8, 4) is 17.2 Å². The Balaban J connectivity index is 3.03. The molecule has 0 saturated heterocycles. The van der Waals surface area contributed by atoms with Crippen LogP contribution in [-0.4, -0.2) is 33.8 Å². The van der Waals surface area contributed by atoms with Crippen molar-refractivity contribution >= 4 is 5.90 Å². The first kappa shape index (κ1) is 14.2. The van der Waals surface area contributed by atoms with Gasteiger partial charge >= 0.3 is 0 Å². The molecule has 0 aliphatic carbocycles. The molecule has 1 aromatic rings. The van der Waals surface area contributed by atoms with E-state index in [1.165, 1.54) is 0 Å². The lowest BCUT2D eigenvalue weighted by molar-refractivity contribution is 0.315. The minimum atomic E-state index is 0.215. The molecule has 0 heterocycles. The average Bonchev–Trinajstić information content (AvgIpc) is 2.37. The fraction of sp³-hybridized carbons (Fsp3) is 0.462. The summed E-state index contributed by atoms with van der Waals surface area (Å²) < 4.78 is 20.8. The maximum atomic E-state index is 7.64. The van der Waals surface area contributed by atoms with Crippen LogP contribution in [0.3, 0.4) is 0 Å². The largest absolute Gasteiger partial charge is 0.493 e. The molecule has 0 bridgehead atoms. The van der Waals surface area contributed by atoms with E-state index in [2.05, 4.69) is 0 Å². The van der Waals surface area contributed by atoms with Gasteiger partial charge in [-0.2, -0.15) is 0 Å². The second-order valence-electron chi connectivity index (χ2n) is 3.57. The summed E-state index contributed by atoms with van der Waals surface area (Å²) in [6.07, 6.45) is 0.393. The normalized spacial score (nSPS) is 9.78. The fourth-order valence-electron chi connectivity index (χ4n) is 1.65. The van der Waals surface area contributed by atoms with Crippen LogP contribution in [0.15, 0.2) is 12.1 Å². The molecule has 0 unspecified atom stereocenters. The monoisotopic (exact) mass is 253 g/mol. The van der Waals surface area contributed by atoms with Crippen molar-refractivity contribution in [1.29, 1.82) is 5.41 Å². The average molecular weight is 253 g/mol. The molecule has 18 heavy (non-hydrogen) atoms. The van der Waals surface area contributed by atoms with Crippen molar-refractivity contribution in [2.75, 3.05) is 27.9 Å². The topological polar surface area (TPSA) is 60.8 Å². The zero-order chi connectivity index (χ0) is 13.5. The minimum Gasteiger partial charge on any atom is -0.493 e. The summed E-state index contributed by atoms with van der Waals surface area (Å²) in [6, 6.07) is 3.63. The molecule has 1 rings (SSSR count). The van der Waals surface area contributed by atoms with E-state index in [0.717, 1.165) is 5.56 Å². The van der Waals surface area contributed by atoms with Crippen molar-refractivity contribution in [3.05, 3.63) is 17.7 Å². The third-order valence-electron chi connectivity index (χ3n) is 2.41. The summed E-state index contributed by atoms with van der Waals surface area (Å²) in [5, 5.41) is 7.64. The van der Waals surface area contributed by atoms with Crippen LogP contribution in [0.4, 0.5) is 0 Å². The van der Waals surface area contributed by atoms with Gasteiger partial charge in [0.1, 0.15) is 0 Å². The number of nitrogens with one attached hydrogen (secondary N) is 1. The lowest BCUT2D eigenvalue weighted by atomic mass is 10.1. The molecule has 0 amide bonds. The van der Waals surface area contributed by atoms with Crippen molar-refractivity contribution in [1.82, 2.24) is 0 Å². The first-order chi connectivity index (χ1) is 8.65. The minimum absolute atomic E-state index is 0.215. The van der Waals surface area contributed by atoms with Gasteiger partial charge in [-0.1, -0.05) is 0 Å². The molecule has 0 aromatic heterocycles. The van der Waals surface area contributed by atoms with Crippen LogP contribution in [0, 0.1) is 5.41 Å². The summed E-state index contributed by atoms with van der Waals surface area (Å²) in [5.41, 5.74) is 0.878. The highest BCUT2D eigenvalue weighted by Crippen LogP contribution is 2.38. The third kappa shape index (κ3) is 3.29. The number of hydrogen-bond donors (Lipinski definition) is 1. The van der Waals surface area contributed by atoms with Crippen LogP contribution in [0.25, 0.3) is 0 Å². The summed E-state index contributed by atoms with van der Waals surface area (Å²) in [7, 11) is 4.69. The van der Waals surface area contributed by atoms with E-state index < -0.39 is 0 Å². The fourth-order valence-corrected chi connectivity index (χ4v) is 1.65. The van der Waals surface area contributed by atoms with E-state index in [1.54, 1.807) is 21.3 Å². The Bertz CT molecular complexity index is 392. The molecule has 0 aliphatic rings. The summed E-state index contributed by atoms with van der Waals surface area (Å²) in [4.78, 5) is 0. The molecule has 0 radical (unpaired) electrons. The number of methoxy groups -OCH3 is 3. The summed E-state index contributed by atoms with van der Waals surface area (Å²) >= 11 is 0.